The van der Waals surface area contributed by atoms with Gasteiger partial charge in [-0.2, -0.15) is 0 Å². The molecule has 0 spiro atoms. The topological polar surface area (TPSA) is 116 Å². The molecule has 0 aromatic heterocycles. The number of hydrogen-bond acceptors (Lipinski definition) is 5. The third-order valence-electron chi connectivity index (χ3n) is 7.38. The number of benzene rings is 2. The monoisotopic (exact) mass is 464 g/mol. The lowest BCUT2D eigenvalue weighted by Gasteiger charge is -2.34. The normalized spacial score (nSPS) is 22.8. The van der Waals surface area contributed by atoms with Gasteiger partial charge in [0.15, 0.2) is 0 Å². The Morgan fingerprint density at radius 2 is 1.59 bits per heavy atom. The number of fused-ring (bicyclic) bond motifs is 3. The molecule has 2 aliphatic carbocycles. The lowest BCUT2D eigenvalue weighted by molar-refractivity contribution is -0.151. The molecule has 2 amide bonds. The number of nitrogens with one attached hydrogen (secondary N) is 1. The molecule has 3 aliphatic rings. The molecule has 8 nitrogen and oxygen atoms in total. The minimum Gasteiger partial charge on any atom is -0.480 e. The van der Waals surface area contributed by atoms with Gasteiger partial charge in [0.2, 0.25) is 5.91 Å². The highest BCUT2D eigenvalue weighted by Gasteiger charge is 2.50. The molecule has 2 unspecified atom stereocenters. The number of β-amino-alcohol motifs (C(OH)–C–C–N with tert-alkyl or cyclic N) is 1. The fraction of sp³-hybridized carbons (Fsp3) is 0.423. The molecule has 1 heterocycles. The predicted octanol–water partition coefficient (Wildman–Crippen LogP) is 2.88. The van der Waals surface area contributed by atoms with E-state index in [0.29, 0.717) is 12.8 Å². The standard InChI is InChI=1S/C26H28N2O6/c29-16-13-22(23(30)31)28(14-16)24(32)26(11-5-6-12-26)27-25(33)34-15-21-19-9-3-1-7-17(19)18-8-2-4-10-20(18)21/h1-4,7-10,16,21-22,29H,5-6,11-15H2,(H,27,33)(H,30,31). The van der Waals surface area contributed by atoms with E-state index in [0.717, 1.165) is 35.1 Å². The Balaban J connectivity index is 1.31. The zero-order valence-corrected chi connectivity index (χ0v) is 18.8. The number of aliphatic hydroxyl groups excluding tert-OH is 1. The number of likely N-dealkylation sites (tertiary alicyclic amines) is 1. The fourth-order valence-corrected chi connectivity index (χ4v) is 5.75. The lowest BCUT2D eigenvalue weighted by Crippen LogP contribution is -2.60. The van der Waals surface area contributed by atoms with Gasteiger partial charge in [-0.15, -0.1) is 0 Å². The second-order valence-electron chi connectivity index (χ2n) is 9.44. The number of ether oxygens (including phenoxy) is 1. The first-order valence-corrected chi connectivity index (χ1v) is 11.7. The molecule has 0 radical (unpaired) electrons. The van der Waals surface area contributed by atoms with E-state index in [1.54, 1.807) is 0 Å². The predicted molar refractivity (Wildman–Crippen MR) is 123 cm³/mol. The van der Waals surface area contributed by atoms with Crippen LogP contribution in [0.5, 0.6) is 0 Å². The Labute approximate surface area is 197 Å². The van der Waals surface area contributed by atoms with E-state index in [1.807, 2.05) is 36.4 Å². The fourth-order valence-electron chi connectivity index (χ4n) is 5.75. The van der Waals surface area contributed by atoms with Crippen molar-refractivity contribution in [3.05, 3.63) is 59.7 Å². The number of nitrogens with zero attached hydrogens (tertiary/aromatic N) is 1. The summed E-state index contributed by atoms with van der Waals surface area (Å²) in [6.45, 7) is 0.0776. The van der Waals surface area contributed by atoms with E-state index < -0.39 is 35.7 Å². The quantitative estimate of drug-likeness (QED) is 0.627. The van der Waals surface area contributed by atoms with Crippen molar-refractivity contribution in [3.8, 4) is 11.1 Å². The molecule has 178 valence electrons. The largest absolute Gasteiger partial charge is 0.480 e. The zero-order chi connectivity index (χ0) is 23.9. The van der Waals surface area contributed by atoms with Crippen molar-refractivity contribution in [1.29, 1.82) is 0 Å². The van der Waals surface area contributed by atoms with Gasteiger partial charge in [-0.25, -0.2) is 9.59 Å². The van der Waals surface area contributed by atoms with Crippen LogP contribution in [0.15, 0.2) is 48.5 Å². The highest BCUT2D eigenvalue weighted by Crippen LogP contribution is 2.44. The summed E-state index contributed by atoms with van der Waals surface area (Å²) in [5.41, 5.74) is 3.24. The van der Waals surface area contributed by atoms with E-state index in [1.165, 1.54) is 4.90 Å². The van der Waals surface area contributed by atoms with Crippen molar-refractivity contribution in [2.45, 2.75) is 55.7 Å². The summed E-state index contributed by atoms with van der Waals surface area (Å²) in [5.74, 6) is -1.71. The third-order valence-corrected chi connectivity index (χ3v) is 7.38. The zero-order valence-electron chi connectivity index (χ0n) is 18.8. The number of carbonyl (C=O) groups is 3. The molecule has 2 aromatic carbocycles. The van der Waals surface area contributed by atoms with Gasteiger partial charge >= 0.3 is 12.1 Å². The van der Waals surface area contributed by atoms with E-state index in [2.05, 4.69) is 17.4 Å². The lowest BCUT2D eigenvalue weighted by atomic mass is 9.95. The van der Waals surface area contributed by atoms with Crippen LogP contribution in [-0.2, 0) is 14.3 Å². The third kappa shape index (κ3) is 3.81. The molecule has 3 N–H and O–H groups in total. The highest BCUT2D eigenvalue weighted by atomic mass is 16.5. The molecule has 2 atom stereocenters. The van der Waals surface area contributed by atoms with Crippen LogP contribution >= 0.6 is 0 Å². The van der Waals surface area contributed by atoms with Gasteiger partial charge in [-0.3, -0.25) is 4.79 Å². The molecule has 5 rings (SSSR count). The van der Waals surface area contributed by atoms with Crippen LogP contribution in [0.25, 0.3) is 11.1 Å². The van der Waals surface area contributed by atoms with Gasteiger partial charge in [0.1, 0.15) is 18.2 Å². The van der Waals surface area contributed by atoms with Crippen LogP contribution in [0, 0.1) is 0 Å². The second-order valence-corrected chi connectivity index (χ2v) is 9.44. The summed E-state index contributed by atoms with van der Waals surface area (Å²) in [7, 11) is 0. The summed E-state index contributed by atoms with van der Waals surface area (Å²) < 4.78 is 5.65. The average molecular weight is 465 g/mol. The van der Waals surface area contributed by atoms with Crippen LogP contribution < -0.4 is 5.32 Å². The van der Waals surface area contributed by atoms with Gasteiger partial charge in [-0.1, -0.05) is 61.4 Å². The average Bonchev–Trinajstić information content (AvgIpc) is 3.54. The van der Waals surface area contributed by atoms with Crippen LogP contribution in [-0.4, -0.2) is 63.9 Å². The number of amides is 2. The van der Waals surface area contributed by atoms with Crippen LogP contribution in [0.1, 0.15) is 49.1 Å². The summed E-state index contributed by atoms with van der Waals surface area (Å²) in [6, 6.07) is 15.0. The summed E-state index contributed by atoms with van der Waals surface area (Å²) in [5, 5.41) is 22.3. The number of carboxylic acids is 1. The maximum atomic E-state index is 13.4. The minimum atomic E-state index is -1.21. The van der Waals surface area contributed by atoms with Gasteiger partial charge in [-0.05, 0) is 35.1 Å². The Bertz CT molecular complexity index is 1080. The maximum Gasteiger partial charge on any atom is 0.408 e. The SMILES string of the molecule is O=C(NC1(C(=O)N2CC(O)CC2C(=O)O)CCCC1)OCC1c2ccccc2-c2ccccc21. The number of rotatable bonds is 5. The van der Waals surface area contributed by atoms with Gasteiger partial charge in [0.25, 0.3) is 0 Å². The Kier molecular flexibility index (Phi) is 5.77. The van der Waals surface area contributed by atoms with Crippen LogP contribution in [0.3, 0.4) is 0 Å². The van der Waals surface area contributed by atoms with Gasteiger partial charge in [0.05, 0.1) is 6.10 Å². The van der Waals surface area contributed by atoms with Crippen molar-refractivity contribution in [2.75, 3.05) is 13.2 Å². The van der Waals surface area contributed by atoms with Crippen molar-refractivity contribution in [3.63, 3.8) is 0 Å². The van der Waals surface area contributed by atoms with E-state index in [9.17, 15) is 24.6 Å². The number of aliphatic carboxylic acids is 1. The summed E-state index contributed by atoms with van der Waals surface area (Å²) >= 11 is 0. The number of aliphatic hydroxyl groups is 1. The second kappa shape index (κ2) is 8.76. The molecule has 8 heteroatoms. The number of alkyl carbamates (subject to hydrolysis) is 1. The number of carbonyl (C=O) groups excluding carboxylic acids is 2. The Morgan fingerprint density at radius 1 is 1.00 bits per heavy atom. The summed E-state index contributed by atoms with van der Waals surface area (Å²) in [4.78, 5) is 39.2. The Hall–Kier alpha value is -3.39. The first-order chi connectivity index (χ1) is 16.4. The molecule has 34 heavy (non-hydrogen) atoms. The number of hydrogen-bond donors (Lipinski definition) is 3. The van der Waals surface area contributed by atoms with Gasteiger partial charge in [0, 0.05) is 18.9 Å². The van der Waals surface area contributed by atoms with Crippen LogP contribution in [0.2, 0.25) is 0 Å². The van der Waals surface area contributed by atoms with E-state index in [4.69, 9.17) is 4.74 Å². The molecule has 2 fully saturated rings. The molecule has 1 saturated heterocycles. The maximum absolute atomic E-state index is 13.4. The minimum absolute atomic E-state index is 0.0118. The molecule has 1 aliphatic heterocycles. The van der Waals surface area contributed by atoms with Gasteiger partial charge < -0.3 is 25.2 Å². The molecule has 1 saturated carbocycles. The molecular weight excluding hydrogens is 436 g/mol. The van der Waals surface area contributed by atoms with E-state index in [-0.39, 0.29) is 25.5 Å². The van der Waals surface area contributed by atoms with Crippen molar-refractivity contribution >= 4 is 18.0 Å². The van der Waals surface area contributed by atoms with Crippen molar-refractivity contribution < 1.29 is 29.3 Å². The smallest absolute Gasteiger partial charge is 0.408 e. The number of carboxylic acid groups (broad SMARTS) is 1. The van der Waals surface area contributed by atoms with Crippen molar-refractivity contribution in [1.82, 2.24) is 10.2 Å². The molecule has 2 aromatic rings. The van der Waals surface area contributed by atoms with Crippen LogP contribution in [0.4, 0.5) is 4.79 Å². The molecular formula is C26H28N2O6. The first-order valence-electron chi connectivity index (χ1n) is 11.7. The Morgan fingerprint density at radius 3 is 2.18 bits per heavy atom. The molecule has 0 bridgehead atoms. The highest BCUT2D eigenvalue weighted by molar-refractivity contribution is 5.93. The van der Waals surface area contributed by atoms with Crippen molar-refractivity contribution in [2.24, 2.45) is 0 Å². The summed E-state index contributed by atoms with van der Waals surface area (Å²) in [6.07, 6.45) is 0.709. The van der Waals surface area contributed by atoms with E-state index >= 15 is 0 Å². The first kappa shape index (κ1) is 22.4.